The van der Waals surface area contributed by atoms with Gasteiger partial charge in [0.1, 0.15) is 5.65 Å². The van der Waals surface area contributed by atoms with Gasteiger partial charge in [-0.15, -0.1) is 0 Å². The molecule has 0 unspecified atom stereocenters. The molecule has 20 heavy (non-hydrogen) atoms. The standard InChI is InChI=1S/C17H19N3/c1-12-3-5-14(6-4-12)10-15-16(11-18)20-8-7-13(2)9-17(20)19-15/h3-9H,10-11,18H2,1-2H3. The van der Waals surface area contributed by atoms with E-state index in [1.54, 1.807) is 0 Å². The number of hydrogen-bond acceptors (Lipinski definition) is 2. The lowest BCUT2D eigenvalue weighted by molar-refractivity contribution is 0.924. The molecule has 0 bridgehead atoms. The van der Waals surface area contributed by atoms with Gasteiger partial charge in [-0.1, -0.05) is 29.8 Å². The molecule has 0 radical (unpaired) electrons. The van der Waals surface area contributed by atoms with Crippen molar-refractivity contribution >= 4 is 5.65 Å². The van der Waals surface area contributed by atoms with Crippen LogP contribution in [0.4, 0.5) is 0 Å². The van der Waals surface area contributed by atoms with Gasteiger partial charge in [0.15, 0.2) is 0 Å². The van der Waals surface area contributed by atoms with Crippen LogP contribution in [-0.4, -0.2) is 9.38 Å². The van der Waals surface area contributed by atoms with E-state index in [9.17, 15) is 0 Å². The third kappa shape index (κ3) is 2.32. The van der Waals surface area contributed by atoms with E-state index >= 15 is 0 Å². The molecule has 3 nitrogen and oxygen atoms in total. The fourth-order valence-corrected chi connectivity index (χ4v) is 2.50. The fraction of sp³-hybridized carbons (Fsp3) is 0.235. The molecule has 1 aromatic carbocycles. The molecule has 2 aromatic heterocycles. The topological polar surface area (TPSA) is 43.3 Å². The predicted molar refractivity (Wildman–Crippen MR) is 81.8 cm³/mol. The lowest BCUT2D eigenvalue weighted by atomic mass is 10.1. The number of fused-ring (bicyclic) bond motifs is 1. The van der Waals surface area contributed by atoms with Crippen molar-refractivity contribution in [2.75, 3.05) is 0 Å². The molecule has 0 atom stereocenters. The van der Waals surface area contributed by atoms with Crippen molar-refractivity contribution in [2.24, 2.45) is 5.73 Å². The van der Waals surface area contributed by atoms with Crippen molar-refractivity contribution < 1.29 is 0 Å². The van der Waals surface area contributed by atoms with Gasteiger partial charge in [0, 0.05) is 19.2 Å². The molecule has 0 aliphatic rings. The number of hydrogen-bond donors (Lipinski definition) is 1. The van der Waals surface area contributed by atoms with E-state index in [1.807, 2.05) is 0 Å². The largest absolute Gasteiger partial charge is 0.325 e. The van der Waals surface area contributed by atoms with Crippen molar-refractivity contribution in [3.8, 4) is 0 Å². The second kappa shape index (κ2) is 5.10. The Bertz CT molecular complexity index is 739. The van der Waals surface area contributed by atoms with Crippen molar-refractivity contribution in [2.45, 2.75) is 26.8 Å². The molecule has 0 aliphatic carbocycles. The Morgan fingerprint density at radius 2 is 1.80 bits per heavy atom. The average molecular weight is 265 g/mol. The normalized spacial score (nSPS) is 11.2. The van der Waals surface area contributed by atoms with Crippen LogP contribution < -0.4 is 5.73 Å². The molecule has 0 spiro atoms. The van der Waals surface area contributed by atoms with Crippen LogP contribution in [0.15, 0.2) is 42.6 Å². The Hall–Kier alpha value is -2.13. The summed E-state index contributed by atoms with van der Waals surface area (Å²) in [7, 11) is 0. The number of imidazole rings is 1. The highest BCUT2D eigenvalue weighted by Crippen LogP contribution is 2.17. The van der Waals surface area contributed by atoms with Gasteiger partial charge in [0.05, 0.1) is 11.4 Å². The second-order valence-electron chi connectivity index (χ2n) is 5.30. The summed E-state index contributed by atoms with van der Waals surface area (Å²) in [6, 6.07) is 12.8. The van der Waals surface area contributed by atoms with Crippen LogP contribution in [0.3, 0.4) is 0 Å². The highest BCUT2D eigenvalue weighted by atomic mass is 15.0. The molecule has 2 N–H and O–H groups in total. The highest BCUT2D eigenvalue weighted by Gasteiger charge is 2.11. The first kappa shape index (κ1) is 12.9. The van der Waals surface area contributed by atoms with Crippen LogP contribution in [0.2, 0.25) is 0 Å². The smallest absolute Gasteiger partial charge is 0.137 e. The summed E-state index contributed by atoms with van der Waals surface area (Å²) in [6.45, 7) is 4.69. The Morgan fingerprint density at radius 1 is 1.05 bits per heavy atom. The Labute approximate surface area is 119 Å². The molecule has 3 rings (SSSR count). The Balaban J connectivity index is 2.04. The van der Waals surface area contributed by atoms with E-state index < -0.39 is 0 Å². The molecule has 0 saturated carbocycles. The number of nitrogens with zero attached hydrogens (tertiary/aromatic N) is 2. The van der Waals surface area contributed by atoms with Gasteiger partial charge in [0.2, 0.25) is 0 Å². The molecule has 3 heteroatoms. The molecule has 3 aromatic rings. The number of benzene rings is 1. The van der Waals surface area contributed by atoms with Gasteiger partial charge in [-0.25, -0.2) is 4.98 Å². The summed E-state index contributed by atoms with van der Waals surface area (Å²) in [6.07, 6.45) is 2.88. The van der Waals surface area contributed by atoms with E-state index in [-0.39, 0.29) is 0 Å². The van der Waals surface area contributed by atoms with Gasteiger partial charge in [-0.3, -0.25) is 0 Å². The second-order valence-corrected chi connectivity index (χ2v) is 5.30. The van der Waals surface area contributed by atoms with Crippen LogP contribution in [-0.2, 0) is 13.0 Å². The maximum atomic E-state index is 5.92. The molecule has 0 fully saturated rings. The van der Waals surface area contributed by atoms with Gasteiger partial charge in [-0.05, 0) is 37.1 Å². The van der Waals surface area contributed by atoms with E-state index in [0.29, 0.717) is 6.54 Å². The van der Waals surface area contributed by atoms with Crippen LogP contribution in [0.1, 0.15) is 28.1 Å². The van der Waals surface area contributed by atoms with Crippen LogP contribution >= 0.6 is 0 Å². The number of nitrogens with two attached hydrogens (primary N) is 1. The first-order valence-corrected chi connectivity index (χ1v) is 6.89. The van der Waals surface area contributed by atoms with E-state index in [1.165, 1.54) is 16.7 Å². The molecular weight excluding hydrogens is 246 g/mol. The Morgan fingerprint density at radius 3 is 2.50 bits per heavy atom. The molecule has 0 saturated heterocycles. The molecular formula is C17H19N3. The van der Waals surface area contributed by atoms with Gasteiger partial charge in [0.25, 0.3) is 0 Å². The van der Waals surface area contributed by atoms with Crippen LogP contribution in [0.25, 0.3) is 5.65 Å². The first-order chi connectivity index (χ1) is 9.67. The summed E-state index contributed by atoms with van der Waals surface area (Å²) in [5.74, 6) is 0. The maximum absolute atomic E-state index is 5.92. The molecule has 0 amide bonds. The first-order valence-electron chi connectivity index (χ1n) is 6.89. The quantitative estimate of drug-likeness (QED) is 0.791. The molecule has 2 heterocycles. The summed E-state index contributed by atoms with van der Waals surface area (Å²) in [4.78, 5) is 4.75. The Kier molecular flexibility index (Phi) is 3.28. The number of aryl methyl sites for hydroxylation is 2. The monoisotopic (exact) mass is 265 g/mol. The SMILES string of the molecule is Cc1ccc(Cc2nc3cc(C)ccn3c2CN)cc1. The minimum absolute atomic E-state index is 0.505. The number of aromatic nitrogens is 2. The van der Waals surface area contributed by atoms with Crippen molar-refractivity contribution in [1.29, 1.82) is 0 Å². The van der Waals surface area contributed by atoms with E-state index in [4.69, 9.17) is 10.7 Å². The number of pyridine rings is 1. The third-order valence-corrected chi connectivity index (χ3v) is 3.65. The minimum atomic E-state index is 0.505. The van der Waals surface area contributed by atoms with Crippen molar-refractivity contribution in [3.63, 3.8) is 0 Å². The third-order valence-electron chi connectivity index (χ3n) is 3.65. The van der Waals surface area contributed by atoms with Gasteiger partial charge < -0.3 is 10.1 Å². The fourth-order valence-electron chi connectivity index (χ4n) is 2.50. The average Bonchev–Trinajstić information content (AvgIpc) is 2.77. The van der Waals surface area contributed by atoms with E-state index in [0.717, 1.165) is 23.5 Å². The molecule has 0 aliphatic heterocycles. The lowest BCUT2D eigenvalue weighted by Crippen LogP contribution is -2.04. The van der Waals surface area contributed by atoms with Crippen LogP contribution in [0, 0.1) is 13.8 Å². The zero-order valence-electron chi connectivity index (χ0n) is 11.9. The van der Waals surface area contributed by atoms with Crippen LogP contribution in [0.5, 0.6) is 0 Å². The predicted octanol–water partition coefficient (Wildman–Crippen LogP) is 3.00. The van der Waals surface area contributed by atoms with E-state index in [2.05, 4.69) is 60.8 Å². The summed E-state index contributed by atoms with van der Waals surface area (Å²) in [5.41, 5.74) is 12.8. The van der Waals surface area contributed by atoms with Crippen molar-refractivity contribution in [3.05, 3.63) is 70.7 Å². The van der Waals surface area contributed by atoms with Gasteiger partial charge >= 0.3 is 0 Å². The highest BCUT2D eigenvalue weighted by molar-refractivity contribution is 5.46. The lowest BCUT2D eigenvalue weighted by Gasteiger charge is -2.03. The summed E-state index contributed by atoms with van der Waals surface area (Å²) < 4.78 is 2.09. The van der Waals surface area contributed by atoms with Crippen molar-refractivity contribution in [1.82, 2.24) is 9.38 Å². The maximum Gasteiger partial charge on any atom is 0.137 e. The minimum Gasteiger partial charge on any atom is -0.325 e. The summed E-state index contributed by atoms with van der Waals surface area (Å²) in [5, 5.41) is 0. The number of rotatable bonds is 3. The zero-order valence-corrected chi connectivity index (χ0v) is 11.9. The van der Waals surface area contributed by atoms with Gasteiger partial charge in [-0.2, -0.15) is 0 Å². The molecule has 102 valence electrons. The summed E-state index contributed by atoms with van der Waals surface area (Å²) >= 11 is 0. The zero-order chi connectivity index (χ0) is 14.1.